The summed E-state index contributed by atoms with van der Waals surface area (Å²) in [6.07, 6.45) is 0. The van der Waals surface area contributed by atoms with Crippen molar-refractivity contribution in [3.8, 4) is 23.5 Å². The molecular formula is C17H13IN4O5. The molecule has 9 nitrogen and oxygen atoms in total. The quantitative estimate of drug-likeness (QED) is 0.429. The molecule has 0 amide bonds. The van der Waals surface area contributed by atoms with Gasteiger partial charge in [-0.3, -0.25) is 9.97 Å². The minimum atomic E-state index is -0.626. The summed E-state index contributed by atoms with van der Waals surface area (Å²) < 4.78 is 17.5. The molecule has 1 aromatic carbocycles. The first kappa shape index (κ1) is 17.5. The van der Waals surface area contributed by atoms with Gasteiger partial charge < -0.3 is 14.2 Å². The number of aromatic nitrogens is 4. The Morgan fingerprint density at radius 3 is 1.85 bits per heavy atom. The summed E-state index contributed by atoms with van der Waals surface area (Å²) in [5, 5.41) is 0. The molecule has 0 spiro atoms. The molecule has 0 radical (unpaired) electrons. The average Bonchev–Trinajstić information content (AvgIpc) is 2.65. The molecule has 2 N–H and O–H groups in total. The van der Waals surface area contributed by atoms with E-state index in [0.29, 0.717) is 11.1 Å². The Morgan fingerprint density at radius 1 is 0.926 bits per heavy atom. The van der Waals surface area contributed by atoms with E-state index in [4.69, 9.17) is 14.2 Å². The first-order chi connectivity index (χ1) is 13.0. The van der Waals surface area contributed by atoms with Crippen molar-refractivity contribution in [2.75, 3.05) is 14.2 Å². The molecule has 138 valence electrons. The van der Waals surface area contributed by atoms with Crippen molar-refractivity contribution in [1.29, 1.82) is 0 Å². The Kier molecular flexibility index (Phi) is 4.34. The third-order valence-corrected chi connectivity index (χ3v) is 4.89. The molecular weight excluding hydrogens is 467 g/mol. The van der Waals surface area contributed by atoms with E-state index in [0.717, 1.165) is 9.13 Å². The number of hydrogen-bond acceptors (Lipinski definition) is 7. The van der Waals surface area contributed by atoms with Gasteiger partial charge in [-0.05, 0) is 40.3 Å². The minimum Gasteiger partial charge on any atom is -0.481 e. The van der Waals surface area contributed by atoms with Gasteiger partial charge in [-0.1, -0.05) is 12.1 Å². The lowest BCUT2D eigenvalue weighted by atomic mass is 9.85. The van der Waals surface area contributed by atoms with E-state index in [-0.39, 0.29) is 23.5 Å². The molecule has 4 rings (SSSR count). The van der Waals surface area contributed by atoms with Gasteiger partial charge in [-0.2, -0.15) is 9.97 Å². The zero-order chi connectivity index (χ0) is 19.1. The monoisotopic (exact) mass is 480 g/mol. The highest BCUT2D eigenvalue weighted by molar-refractivity contribution is 14.1. The molecule has 0 atom stereocenters. The topological polar surface area (TPSA) is 119 Å². The van der Waals surface area contributed by atoms with Crippen LogP contribution in [0.1, 0.15) is 22.6 Å². The van der Waals surface area contributed by atoms with Gasteiger partial charge in [0, 0.05) is 3.57 Å². The molecule has 2 aromatic heterocycles. The number of methoxy groups -OCH3 is 2. The Morgan fingerprint density at radius 2 is 1.41 bits per heavy atom. The maximum Gasteiger partial charge on any atom is 0.351 e. The van der Waals surface area contributed by atoms with Gasteiger partial charge in [0.15, 0.2) is 0 Å². The smallest absolute Gasteiger partial charge is 0.351 e. The second-order valence-electron chi connectivity index (χ2n) is 5.67. The number of benzene rings is 1. The molecule has 0 saturated carbocycles. The Bertz CT molecular complexity index is 1070. The van der Waals surface area contributed by atoms with Crippen LogP contribution in [-0.4, -0.2) is 34.2 Å². The zero-order valence-corrected chi connectivity index (χ0v) is 16.4. The number of nitrogens with zero attached hydrogens (tertiary/aromatic N) is 2. The third kappa shape index (κ3) is 2.95. The summed E-state index contributed by atoms with van der Waals surface area (Å²) in [7, 11) is 2.84. The van der Waals surface area contributed by atoms with Crippen LogP contribution >= 0.6 is 22.6 Å². The van der Waals surface area contributed by atoms with E-state index in [2.05, 4.69) is 42.5 Å². The highest BCUT2D eigenvalue weighted by Crippen LogP contribution is 2.50. The van der Waals surface area contributed by atoms with Gasteiger partial charge in [-0.25, -0.2) is 9.59 Å². The fourth-order valence-corrected chi connectivity index (χ4v) is 3.46. The maximum absolute atomic E-state index is 11.9. The van der Waals surface area contributed by atoms with Crippen molar-refractivity contribution >= 4 is 22.6 Å². The van der Waals surface area contributed by atoms with Crippen molar-refractivity contribution in [3.05, 3.63) is 65.5 Å². The Balaban J connectivity index is 2.08. The van der Waals surface area contributed by atoms with E-state index in [9.17, 15) is 9.59 Å². The number of fused-ring (bicyclic) bond motifs is 2. The van der Waals surface area contributed by atoms with Gasteiger partial charge in [0.05, 0.1) is 31.3 Å². The largest absolute Gasteiger partial charge is 0.481 e. The van der Waals surface area contributed by atoms with Crippen molar-refractivity contribution in [2.45, 2.75) is 5.92 Å². The number of H-pyrrole nitrogens is 2. The number of nitrogens with one attached hydrogen (secondary N) is 2. The van der Waals surface area contributed by atoms with Crippen molar-refractivity contribution in [3.63, 3.8) is 0 Å². The molecule has 0 aliphatic carbocycles. The van der Waals surface area contributed by atoms with Crippen molar-refractivity contribution in [1.82, 2.24) is 19.9 Å². The SMILES string of the molecule is COc1nc(=O)[nH]c2c1C(c1ccc(I)cc1)c1c(OC)nc(=O)[nH]c1O2. The number of halogens is 1. The number of aromatic amines is 2. The van der Waals surface area contributed by atoms with Crippen LogP contribution in [0.4, 0.5) is 0 Å². The molecule has 1 aliphatic rings. The normalized spacial score (nSPS) is 12.7. The summed E-state index contributed by atoms with van der Waals surface area (Å²) in [6, 6.07) is 7.75. The summed E-state index contributed by atoms with van der Waals surface area (Å²) in [6.45, 7) is 0. The molecule has 3 heterocycles. The second kappa shape index (κ2) is 6.68. The first-order valence-electron chi connectivity index (χ1n) is 7.81. The van der Waals surface area contributed by atoms with Crippen molar-refractivity contribution < 1.29 is 14.2 Å². The zero-order valence-electron chi connectivity index (χ0n) is 14.2. The Labute approximate surface area is 165 Å². The molecule has 0 bridgehead atoms. The molecule has 0 saturated heterocycles. The van der Waals surface area contributed by atoms with Crippen LogP contribution in [0.15, 0.2) is 33.9 Å². The summed E-state index contributed by atoms with van der Waals surface area (Å²) in [4.78, 5) is 36.7. The second-order valence-corrected chi connectivity index (χ2v) is 6.92. The number of ether oxygens (including phenoxy) is 3. The van der Waals surface area contributed by atoms with E-state index in [1.54, 1.807) is 0 Å². The highest BCUT2D eigenvalue weighted by Gasteiger charge is 2.37. The van der Waals surface area contributed by atoms with E-state index in [1.807, 2.05) is 24.3 Å². The average molecular weight is 480 g/mol. The summed E-state index contributed by atoms with van der Waals surface area (Å²) in [5.41, 5.74) is 0.633. The first-order valence-corrected chi connectivity index (χ1v) is 8.89. The molecule has 0 unspecified atom stereocenters. The standard InChI is InChI=1S/C17H13IN4O5/c1-25-12-10-9(7-3-5-8(18)6-4-7)11-13(26-2)20-17(24)22-15(11)27-14(10)21-16(23)19-12/h3-6,9H,1-2H3,(H,19,21,23)(H,20,22,24). The van der Waals surface area contributed by atoms with Crippen LogP contribution in [0.2, 0.25) is 0 Å². The van der Waals surface area contributed by atoms with Gasteiger partial charge in [-0.15, -0.1) is 0 Å². The third-order valence-electron chi connectivity index (χ3n) is 4.17. The van der Waals surface area contributed by atoms with E-state index >= 15 is 0 Å². The Hall–Kier alpha value is -2.89. The molecule has 27 heavy (non-hydrogen) atoms. The van der Waals surface area contributed by atoms with E-state index < -0.39 is 17.3 Å². The lowest BCUT2D eigenvalue weighted by Crippen LogP contribution is -2.25. The molecule has 10 heteroatoms. The molecule has 0 fully saturated rings. The van der Waals surface area contributed by atoms with E-state index in [1.165, 1.54) is 14.2 Å². The van der Waals surface area contributed by atoms with Gasteiger partial charge in [0.2, 0.25) is 23.5 Å². The fraction of sp³-hybridized carbons (Fsp3) is 0.176. The predicted molar refractivity (Wildman–Crippen MR) is 103 cm³/mol. The van der Waals surface area contributed by atoms with Crippen LogP contribution in [0, 0.1) is 3.57 Å². The molecule has 3 aromatic rings. The summed E-state index contributed by atoms with van der Waals surface area (Å²) in [5.74, 6) is 0.0466. The number of rotatable bonds is 3. The van der Waals surface area contributed by atoms with Gasteiger partial charge in [0.25, 0.3) is 0 Å². The van der Waals surface area contributed by atoms with Crippen LogP contribution in [-0.2, 0) is 0 Å². The molecule has 1 aliphatic heterocycles. The van der Waals surface area contributed by atoms with Crippen LogP contribution in [0.25, 0.3) is 0 Å². The summed E-state index contributed by atoms with van der Waals surface area (Å²) >= 11 is 2.21. The minimum absolute atomic E-state index is 0.121. The van der Waals surface area contributed by atoms with Crippen LogP contribution in [0.3, 0.4) is 0 Å². The predicted octanol–water partition coefficient (Wildman–Crippen LogP) is 1.76. The van der Waals surface area contributed by atoms with Crippen LogP contribution in [0.5, 0.6) is 23.5 Å². The van der Waals surface area contributed by atoms with Gasteiger partial charge >= 0.3 is 11.4 Å². The van der Waals surface area contributed by atoms with Gasteiger partial charge in [0.1, 0.15) is 0 Å². The number of hydrogen-bond donors (Lipinski definition) is 2. The fourth-order valence-electron chi connectivity index (χ4n) is 3.10. The lowest BCUT2D eigenvalue weighted by Gasteiger charge is -2.28. The highest BCUT2D eigenvalue weighted by atomic mass is 127. The lowest BCUT2D eigenvalue weighted by molar-refractivity contribution is 0.345. The van der Waals surface area contributed by atoms with Crippen LogP contribution < -0.4 is 25.6 Å². The maximum atomic E-state index is 11.9. The van der Waals surface area contributed by atoms with Crippen molar-refractivity contribution in [2.24, 2.45) is 0 Å².